The molecule has 4 aromatic rings. The summed E-state index contributed by atoms with van der Waals surface area (Å²) in [5, 5.41) is 3.28. The van der Waals surface area contributed by atoms with Crippen LogP contribution in [0.3, 0.4) is 0 Å². The number of rotatable bonds is 11. The number of anilines is 1. The van der Waals surface area contributed by atoms with Crippen molar-refractivity contribution in [1.29, 1.82) is 0 Å². The number of nitrogens with zero attached hydrogens (tertiary/aromatic N) is 2. The van der Waals surface area contributed by atoms with Crippen molar-refractivity contribution in [2.24, 2.45) is 0 Å². The maximum Gasteiger partial charge on any atom is 0.264 e. The number of nitrogens with one attached hydrogen (secondary N) is 1. The lowest BCUT2D eigenvalue weighted by molar-refractivity contribution is -0.139. The summed E-state index contributed by atoms with van der Waals surface area (Å²) in [6.07, 6.45) is 0.184. The highest BCUT2D eigenvalue weighted by atomic mass is 35.5. The molecule has 1 atom stereocenters. The quantitative estimate of drug-likeness (QED) is 0.231. The summed E-state index contributed by atoms with van der Waals surface area (Å²) in [6.45, 7) is 0.00978. The molecule has 0 aliphatic carbocycles. The van der Waals surface area contributed by atoms with Crippen molar-refractivity contribution in [2.45, 2.75) is 23.9 Å². The van der Waals surface area contributed by atoms with Crippen LogP contribution in [0.2, 0.25) is 10.0 Å². The van der Waals surface area contributed by atoms with E-state index in [-0.39, 0.29) is 28.6 Å². The van der Waals surface area contributed by atoms with Crippen molar-refractivity contribution >= 4 is 50.7 Å². The molecule has 1 heterocycles. The summed E-state index contributed by atoms with van der Waals surface area (Å²) in [6, 6.07) is 25.7. The van der Waals surface area contributed by atoms with Crippen molar-refractivity contribution in [3.63, 3.8) is 0 Å². The van der Waals surface area contributed by atoms with E-state index in [1.807, 2.05) is 30.3 Å². The highest BCUT2D eigenvalue weighted by molar-refractivity contribution is 7.92. The maximum absolute atomic E-state index is 14.4. The molecule has 0 spiro atoms. The number of ether oxygens (including phenoxy) is 2. The number of fused-ring (bicyclic) bond motifs is 1. The Bertz CT molecular complexity index is 1770. The topological polar surface area (TPSA) is 105 Å². The van der Waals surface area contributed by atoms with Crippen LogP contribution >= 0.6 is 23.2 Å². The Morgan fingerprint density at radius 1 is 0.822 bits per heavy atom. The van der Waals surface area contributed by atoms with Crippen LogP contribution in [0, 0.1) is 0 Å². The fraction of sp³-hybridized carbons (Fsp3) is 0.212. The van der Waals surface area contributed by atoms with Crippen molar-refractivity contribution in [1.82, 2.24) is 10.2 Å². The summed E-state index contributed by atoms with van der Waals surface area (Å²) < 4.78 is 40.6. The average Bonchev–Trinajstić information content (AvgIpc) is 3.07. The number of carbonyl (C=O) groups is 2. The molecule has 0 unspecified atom stereocenters. The number of halogens is 2. The third-order valence-electron chi connectivity index (χ3n) is 7.28. The lowest BCUT2D eigenvalue weighted by Gasteiger charge is -2.34. The van der Waals surface area contributed by atoms with Gasteiger partial charge in [-0.25, -0.2) is 8.42 Å². The molecule has 1 aliphatic heterocycles. The van der Waals surface area contributed by atoms with Crippen LogP contribution in [0.15, 0.2) is 102 Å². The van der Waals surface area contributed by atoms with E-state index < -0.39 is 34.4 Å². The Balaban J connectivity index is 1.58. The molecule has 1 N–H and O–H groups in total. The minimum absolute atomic E-state index is 0.00383. The number of hydrogen-bond acceptors (Lipinski definition) is 6. The zero-order valence-electron chi connectivity index (χ0n) is 24.4. The normalized spacial score (nSPS) is 13.0. The van der Waals surface area contributed by atoms with Crippen molar-refractivity contribution in [3.8, 4) is 11.5 Å². The van der Waals surface area contributed by atoms with Gasteiger partial charge in [-0.1, -0.05) is 77.8 Å². The highest BCUT2D eigenvalue weighted by Crippen LogP contribution is 2.36. The van der Waals surface area contributed by atoms with E-state index in [0.29, 0.717) is 35.3 Å². The monoisotopic (exact) mass is 667 g/mol. The van der Waals surface area contributed by atoms with E-state index in [1.54, 1.807) is 48.5 Å². The Morgan fingerprint density at radius 3 is 2.16 bits per heavy atom. The minimum atomic E-state index is -4.25. The zero-order chi connectivity index (χ0) is 32.0. The number of benzene rings is 4. The summed E-state index contributed by atoms with van der Waals surface area (Å²) >= 11 is 12.5. The van der Waals surface area contributed by atoms with Crippen molar-refractivity contribution < 1.29 is 27.5 Å². The molecule has 1 aliphatic rings. The molecule has 5 rings (SSSR count). The lowest BCUT2D eigenvalue weighted by atomic mass is 10.0. The Hall–Kier alpha value is -4.25. The summed E-state index contributed by atoms with van der Waals surface area (Å²) in [4.78, 5) is 29.2. The Morgan fingerprint density at radius 2 is 1.49 bits per heavy atom. The summed E-state index contributed by atoms with van der Waals surface area (Å²) in [5.41, 5.74) is 1.63. The van der Waals surface area contributed by atoms with E-state index in [4.69, 9.17) is 32.7 Å². The molecule has 0 aromatic heterocycles. The molecule has 9 nitrogen and oxygen atoms in total. The van der Waals surface area contributed by atoms with Gasteiger partial charge in [0.25, 0.3) is 10.0 Å². The fourth-order valence-electron chi connectivity index (χ4n) is 4.99. The fourth-order valence-corrected chi connectivity index (χ4v) is 6.74. The third-order valence-corrected chi connectivity index (χ3v) is 9.81. The molecular weight excluding hydrogens is 637 g/mol. The molecule has 2 amide bonds. The average molecular weight is 669 g/mol. The molecule has 0 saturated heterocycles. The molecule has 45 heavy (non-hydrogen) atoms. The number of likely N-dealkylation sites (N-methyl/N-ethyl adjacent to an activating group) is 1. The van der Waals surface area contributed by atoms with E-state index >= 15 is 0 Å². The van der Waals surface area contributed by atoms with Gasteiger partial charge in [0.1, 0.15) is 25.8 Å². The first-order valence-electron chi connectivity index (χ1n) is 14.1. The second-order valence-corrected chi connectivity index (χ2v) is 12.9. The summed E-state index contributed by atoms with van der Waals surface area (Å²) in [7, 11) is -2.76. The second-order valence-electron chi connectivity index (χ2n) is 10.2. The van der Waals surface area contributed by atoms with Gasteiger partial charge in [0.15, 0.2) is 11.5 Å². The first kappa shape index (κ1) is 32.2. The molecule has 234 valence electrons. The molecule has 4 aromatic carbocycles. The van der Waals surface area contributed by atoms with Crippen LogP contribution in [0.4, 0.5) is 5.69 Å². The molecule has 0 bridgehead atoms. The highest BCUT2D eigenvalue weighted by Gasteiger charge is 2.35. The van der Waals surface area contributed by atoms with Crippen LogP contribution in [0.25, 0.3) is 0 Å². The van der Waals surface area contributed by atoms with Crippen LogP contribution in [0.1, 0.15) is 11.1 Å². The lowest BCUT2D eigenvalue weighted by Crippen LogP contribution is -2.53. The van der Waals surface area contributed by atoms with Gasteiger partial charge in [-0.15, -0.1) is 0 Å². The zero-order valence-corrected chi connectivity index (χ0v) is 26.7. The van der Waals surface area contributed by atoms with E-state index in [2.05, 4.69) is 5.32 Å². The Kier molecular flexibility index (Phi) is 10.2. The predicted molar refractivity (Wildman–Crippen MR) is 173 cm³/mol. The van der Waals surface area contributed by atoms with Gasteiger partial charge in [0, 0.05) is 26.1 Å². The molecule has 0 saturated carbocycles. The molecular formula is C33H31Cl2N3O6S. The third kappa shape index (κ3) is 7.53. The SMILES string of the molecule is CNC(=O)[C@@H](Cc1ccccc1)N(Cc1ccc(Cl)c(Cl)c1)C(=O)CN(c1ccc2c(c1)OCCO2)S(=O)(=O)c1ccccc1. The number of carbonyl (C=O) groups excluding carboxylic acids is 2. The van der Waals surface area contributed by atoms with Crippen LogP contribution in [0.5, 0.6) is 11.5 Å². The molecule has 0 radical (unpaired) electrons. The number of sulfonamides is 1. The smallest absolute Gasteiger partial charge is 0.264 e. The van der Waals surface area contributed by atoms with E-state index in [1.165, 1.54) is 30.1 Å². The molecule has 0 fully saturated rings. The van der Waals surface area contributed by atoms with Gasteiger partial charge in [0.2, 0.25) is 11.8 Å². The molecule has 12 heteroatoms. The van der Waals surface area contributed by atoms with Gasteiger partial charge in [0.05, 0.1) is 20.6 Å². The predicted octanol–water partition coefficient (Wildman–Crippen LogP) is 5.35. The van der Waals surface area contributed by atoms with Crippen LogP contribution in [-0.2, 0) is 32.6 Å². The van der Waals surface area contributed by atoms with Crippen LogP contribution in [-0.4, -0.2) is 58.0 Å². The van der Waals surface area contributed by atoms with Gasteiger partial charge in [-0.2, -0.15) is 0 Å². The van der Waals surface area contributed by atoms with E-state index in [0.717, 1.165) is 9.87 Å². The standard InChI is InChI=1S/C33H31Cl2N3O6S/c1-36-33(40)29(19-23-8-4-2-5-9-23)37(21-24-12-14-27(34)28(35)18-24)32(39)22-38(45(41,42)26-10-6-3-7-11-26)25-13-15-30-31(20-25)44-17-16-43-30/h2-15,18,20,29H,16-17,19,21-22H2,1H3,(H,36,40)/t29-/m1/s1. The van der Waals surface area contributed by atoms with E-state index in [9.17, 15) is 18.0 Å². The van der Waals surface area contributed by atoms with Crippen molar-refractivity contribution in [2.75, 3.05) is 31.1 Å². The van der Waals surface area contributed by atoms with Crippen molar-refractivity contribution in [3.05, 3.63) is 118 Å². The second kappa shape index (κ2) is 14.2. The number of hydrogen-bond donors (Lipinski definition) is 1. The van der Waals surface area contributed by atoms with Gasteiger partial charge in [-0.3, -0.25) is 13.9 Å². The van der Waals surface area contributed by atoms with Gasteiger partial charge >= 0.3 is 0 Å². The maximum atomic E-state index is 14.4. The van der Waals surface area contributed by atoms with Gasteiger partial charge < -0.3 is 19.7 Å². The minimum Gasteiger partial charge on any atom is -0.486 e. The van der Waals surface area contributed by atoms with Gasteiger partial charge in [-0.05, 0) is 47.5 Å². The summed E-state index contributed by atoms with van der Waals surface area (Å²) in [5.74, 6) is -0.194. The largest absolute Gasteiger partial charge is 0.486 e. The first-order chi connectivity index (χ1) is 21.7. The first-order valence-corrected chi connectivity index (χ1v) is 16.3. The number of amides is 2. The van der Waals surface area contributed by atoms with Crippen LogP contribution < -0.4 is 19.1 Å². The Labute approximate surface area is 272 Å².